The Balaban J connectivity index is 0.000000171. The summed E-state index contributed by atoms with van der Waals surface area (Å²) in [7, 11) is 1.46. The zero-order chi connectivity index (χ0) is 12.7. The van der Waals surface area contributed by atoms with E-state index in [2.05, 4.69) is 4.74 Å². The first-order valence-electron chi connectivity index (χ1n) is 6.45. The summed E-state index contributed by atoms with van der Waals surface area (Å²) < 4.78 is 4.60. The van der Waals surface area contributed by atoms with Crippen molar-refractivity contribution in [1.29, 1.82) is 0 Å². The third-order valence-corrected chi connectivity index (χ3v) is 3.59. The molecule has 0 radical (unpaired) electrons. The van der Waals surface area contributed by atoms with E-state index in [1.165, 1.54) is 20.0 Å². The van der Waals surface area contributed by atoms with Crippen molar-refractivity contribution in [3.05, 3.63) is 0 Å². The number of ether oxygens (including phenoxy) is 1. The largest absolute Gasteiger partial charge is 0.481 e. The summed E-state index contributed by atoms with van der Waals surface area (Å²) in [6, 6.07) is 0. The van der Waals surface area contributed by atoms with Crippen LogP contribution in [0.15, 0.2) is 0 Å². The molecule has 0 amide bonds. The molecule has 0 heterocycles. The second-order valence-corrected chi connectivity index (χ2v) is 4.82. The average Bonchev–Trinajstić information content (AvgIpc) is 3.01. The first-order chi connectivity index (χ1) is 8.15. The van der Waals surface area contributed by atoms with Crippen LogP contribution < -0.4 is 0 Å². The molecule has 1 N–H and O–H groups in total. The Labute approximate surface area is 102 Å². The molecular formula is C13H22O4. The number of esters is 1. The Morgan fingerprint density at radius 1 is 0.941 bits per heavy atom. The molecule has 17 heavy (non-hydrogen) atoms. The summed E-state index contributed by atoms with van der Waals surface area (Å²) in [6.07, 6.45) is 8.47. The van der Waals surface area contributed by atoms with Crippen molar-refractivity contribution >= 4 is 11.9 Å². The Morgan fingerprint density at radius 2 is 1.35 bits per heavy atom. The molecule has 0 aromatic heterocycles. The van der Waals surface area contributed by atoms with Crippen LogP contribution in [0.25, 0.3) is 0 Å². The molecule has 2 rings (SSSR count). The Kier molecular flexibility index (Phi) is 6.01. The number of carbonyl (C=O) groups excluding carboxylic acids is 1. The Hall–Kier alpha value is -1.06. The van der Waals surface area contributed by atoms with E-state index >= 15 is 0 Å². The first-order valence-corrected chi connectivity index (χ1v) is 6.45. The van der Waals surface area contributed by atoms with E-state index < -0.39 is 5.97 Å². The lowest BCUT2D eigenvalue weighted by atomic mass is 10.1. The fraction of sp³-hybridized carbons (Fsp3) is 0.846. The topological polar surface area (TPSA) is 63.6 Å². The molecule has 2 aliphatic carbocycles. The van der Waals surface area contributed by atoms with Gasteiger partial charge in [0.2, 0.25) is 0 Å². The minimum Gasteiger partial charge on any atom is -0.481 e. The third-order valence-electron chi connectivity index (χ3n) is 3.59. The SMILES string of the molecule is COC(=O)C1CCCC1.O=C(O)C1CCCC1. The highest BCUT2D eigenvalue weighted by Crippen LogP contribution is 2.25. The van der Waals surface area contributed by atoms with Crippen molar-refractivity contribution in [1.82, 2.24) is 0 Å². The molecule has 4 nitrogen and oxygen atoms in total. The number of rotatable bonds is 2. The van der Waals surface area contributed by atoms with Crippen LogP contribution in [0.4, 0.5) is 0 Å². The van der Waals surface area contributed by atoms with Gasteiger partial charge in [0.15, 0.2) is 0 Å². The van der Waals surface area contributed by atoms with E-state index in [4.69, 9.17) is 5.11 Å². The van der Waals surface area contributed by atoms with Crippen molar-refractivity contribution in [2.75, 3.05) is 7.11 Å². The van der Waals surface area contributed by atoms with Crippen LogP contribution in [0.3, 0.4) is 0 Å². The summed E-state index contributed by atoms with van der Waals surface area (Å²) in [4.78, 5) is 21.0. The minimum atomic E-state index is -0.609. The second kappa shape index (κ2) is 7.30. The number of carboxylic acid groups (broad SMARTS) is 1. The van der Waals surface area contributed by atoms with E-state index in [9.17, 15) is 9.59 Å². The maximum absolute atomic E-state index is 10.8. The lowest BCUT2D eigenvalue weighted by Gasteiger charge is -2.03. The van der Waals surface area contributed by atoms with Crippen molar-refractivity contribution in [2.45, 2.75) is 51.4 Å². The molecule has 2 saturated carbocycles. The molecule has 0 saturated heterocycles. The van der Waals surface area contributed by atoms with Gasteiger partial charge in [-0.15, -0.1) is 0 Å². The molecule has 0 atom stereocenters. The number of hydrogen-bond acceptors (Lipinski definition) is 3. The molecule has 2 fully saturated rings. The molecule has 0 unspecified atom stereocenters. The highest BCUT2D eigenvalue weighted by molar-refractivity contribution is 5.72. The fourth-order valence-corrected chi connectivity index (χ4v) is 2.50. The van der Waals surface area contributed by atoms with E-state index in [0.717, 1.165) is 38.5 Å². The minimum absolute atomic E-state index is 0.0185. The van der Waals surface area contributed by atoms with Crippen LogP contribution in [0.5, 0.6) is 0 Å². The van der Waals surface area contributed by atoms with Crippen LogP contribution in [-0.4, -0.2) is 24.2 Å². The van der Waals surface area contributed by atoms with Crippen LogP contribution in [-0.2, 0) is 14.3 Å². The average molecular weight is 242 g/mol. The van der Waals surface area contributed by atoms with E-state index in [1.807, 2.05) is 0 Å². The summed E-state index contributed by atoms with van der Waals surface area (Å²) in [5.74, 6) is -0.431. The second-order valence-electron chi connectivity index (χ2n) is 4.82. The zero-order valence-corrected chi connectivity index (χ0v) is 10.5. The smallest absolute Gasteiger partial charge is 0.308 e. The highest BCUT2D eigenvalue weighted by Gasteiger charge is 2.22. The zero-order valence-electron chi connectivity index (χ0n) is 10.5. The van der Waals surface area contributed by atoms with Gasteiger partial charge in [0.05, 0.1) is 18.9 Å². The van der Waals surface area contributed by atoms with Crippen LogP contribution >= 0.6 is 0 Å². The predicted molar refractivity (Wildman–Crippen MR) is 63.6 cm³/mol. The van der Waals surface area contributed by atoms with Gasteiger partial charge in [-0.05, 0) is 25.7 Å². The molecule has 98 valence electrons. The van der Waals surface area contributed by atoms with Gasteiger partial charge in [0.25, 0.3) is 0 Å². The van der Waals surface area contributed by atoms with Gasteiger partial charge in [-0.25, -0.2) is 0 Å². The molecule has 2 aliphatic rings. The van der Waals surface area contributed by atoms with Gasteiger partial charge >= 0.3 is 11.9 Å². The molecule has 0 aromatic carbocycles. The molecule has 4 heteroatoms. The summed E-state index contributed by atoms with van der Waals surface area (Å²) in [5.41, 5.74) is 0. The van der Waals surface area contributed by atoms with Gasteiger partial charge < -0.3 is 9.84 Å². The highest BCUT2D eigenvalue weighted by atomic mass is 16.5. The maximum Gasteiger partial charge on any atom is 0.308 e. The van der Waals surface area contributed by atoms with Gasteiger partial charge in [-0.1, -0.05) is 25.7 Å². The number of carboxylic acids is 1. The van der Waals surface area contributed by atoms with Crippen molar-refractivity contribution < 1.29 is 19.4 Å². The summed E-state index contributed by atoms with van der Waals surface area (Å²) >= 11 is 0. The maximum atomic E-state index is 10.8. The van der Waals surface area contributed by atoms with Gasteiger partial charge in [0.1, 0.15) is 0 Å². The van der Waals surface area contributed by atoms with Crippen molar-refractivity contribution in [3.63, 3.8) is 0 Å². The normalized spacial score (nSPS) is 20.8. The van der Waals surface area contributed by atoms with Gasteiger partial charge in [-0.3, -0.25) is 9.59 Å². The molecule has 0 aliphatic heterocycles. The number of carbonyl (C=O) groups is 2. The molecule has 0 aromatic rings. The molecular weight excluding hydrogens is 220 g/mol. The van der Waals surface area contributed by atoms with E-state index in [1.54, 1.807) is 0 Å². The molecule has 0 bridgehead atoms. The third kappa shape index (κ3) is 4.75. The fourth-order valence-electron chi connectivity index (χ4n) is 2.50. The monoisotopic (exact) mass is 242 g/mol. The lowest BCUT2D eigenvalue weighted by molar-refractivity contribution is -0.145. The number of hydrogen-bond donors (Lipinski definition) is 1. The van der Waals surface area contributed by atoms with E-state index in [0.29, 0.717) is 0 Å². The van der Waals surface area contributed by atoms with Crippen LogP contribution in [0.1, 0.15) is 51.4 Å². The van der Waals surface area contributed by atoms with Crippen molar-refractivity contribution in [2.24, 2.45) is 11.8 Å². The number of aliphatic carboxylic acids is 1. The van der Waals surface area contributed by atoms with E-state index in [-0.39, 0.29) is 17.8 Å². The van der Waals surface area contributed by atoms with Crippen LogP contribution in [0, 0.1) is 11.8 Å². The standard InChI is InChI=1S/C7H12O2.C6H10O2/c1-9-7(8)6-4-2-3-5-6;7-6(8)5-3-1-2-4-5/h6H,2-5H2,1H3;5H,1-4H2,(H,7,8). The van der Waals surface area contributed by atoms with Gasteiger partial charge in [0, 0.05) is 0 Å². The Bertz CT molecular complexity index is 250. The van der Waals surface area contributed by atoms with Gasteiger partial charge in [-0.2, -0.15) is 0 Å². The summed E-state index contributed by atoms with van der Waals surface area (Å²) in [6.45, 7) is 0. The van der Waals surface area contributed by atoms with Crippen molar-refractivity contribution in [3.8, 4) is 0 Å². The summed E-state index contributed by atoms with van der Waals surface area (Å²) in [5, 5.41) is 8.41. The van der Waals surface area contributed by atoms with Crippen LogP contribution in [0.2, 0.25) is 0 Å². The molecule has 0 spiro atoms. The number of methoxy groups -OCH3 is 1. The Morgan fingerprint density at radius 3 is 1.65 bits per heavy atom. The predicted octanol–water partition coefficient (Wildman–Crippen LogP) is 2.61. The lowest BCUT2D eigenvalue weighted by Crippen LogP contribution is -2.11. The quantitative estimate of drug-likeness (QED) is 0.756. The first kappa shape index (κ1) is 14.0.